The van der Waals surface area contributed by atoms with Crippen LogP contribution in [0.4, 0.5) is 16.6 Å². The van der Waals surface area contributed by atoms with Crippen molar-refractivity contribution in [2.75, 3.05) is 49.5 Å². The molecule has 0 atom stereocenters. The Morgan fingerprint density at radius 2 is 1.79 bits per heavy atom. The van der Waals surface area contributed by atoms with Gasteiger partial charge < -0.3 is 19.9 Å². The first-order chi connectivity index (χ1) is 18.4. The summed E-state index contributed by atoms with van der Waals surface area (Å²) in [4.78, 5) is 31.0. The molecule has 4 aliphatic rings. The Kier molecular flexibility index (Phi) is 6.41. The molecule has 12 heteroatoms. The fourth-order valence-corrected chi connectivity index (χ4v) is 7.92. The van der Waals surface area contributed by atoms with Crippen molar-refractivity contribution in [3.63, 3.8) is 0 Å². The standard InChI is InChI=1S/C27H39N7O4S/c1-18-13-19-14-28-24(30-20-7-10-34(11-8-20)39(36,37)21-5-6-21)31-22(19)23(29-18)33-16-27(17-33)9-12-32(15-27)25(35)38-26(2,3)4/h13-14,20-21H,5-12,15-17H2,1-4H3,(H,28,30,31). The number of nitrogens with zero attached hydrogens (tertiary/aromatic N) is 6. The molecule has 1 N–H and O–H groups in total. The highest BCUT2D eigenvalue weighted by Crippen LogP contribution is 2.43. The Morgan fingerprint density at radius 1 is 1.08 bits per heavy atom. The average molecular weight is 558 g/mol. The molecule has 4 fully saturated rings. The van der Waals surface area contributed by atoms with Gasteiger partial charge in [-0.1, -0.05) is 0 Å². The van der Waals surface area contributed by atoms with Gasteiger partial charge in [-0.05, 0) is 65.9 Å². The predicted octanol–water partition coefficient (Wildman–Crippen LogP) is 3.15. The summed E-state index contributed by atoms with van der Waals surface area (Å²) < 4.78 is 32.4. The van der Waals surface area contributed by atoms with E-state index in [0.717, 1.165) is 67.6 Å². The Balaban J connectivity index is 1.12. The van der Waals surface area contributed by atoms with Crippen molar-refractivity contribution in [1.82, 2.24) is 24.2 Å². The van der Waals surface area contributed by atoms with Crippen molar-refractivity contribution >= 4 is 38.8 Å². The van der Waals surface area contributed by atoms with E-state index >= 15 is 0 Å². The van der Waals surface area contributed by atoms with Crippen LogP contribution in [-0.2, 0) is 14.8 Å². The Morgan fingerprint density at radius 3 is 2.46 bits per heavy atom. The largest absolute Gasteiger partial charge is 0.444 e. The van der Waals surface area contributed by atoms with E-state index in [-0.39, 0.29) is 22.8 Å². The number of anilines is 2. The van der Waals surface area contributed by atoms with Crippen LogP contribution in [0.25, 0.3) is 10.9 Å². The molecule has 1 amide bonds. The van der Waals surface area contributed by atoms with E-state index in [2.05, 4.69) is 15.2 Å². The second-order valence-corrected chi connectivity index (χ2v) is 15.0. The van der Waals surface area contributed by atoms with Crippen LogP contribution in [0.5, 0.6) is 0 Å². The van der Waals surface area contributed by atoms with Crippen LogP contribution >= 0.6 is 0 Å². The number of aromatic nitrogens is 3. The summed E-state index contributed by atoms with van der Waals surface area (Å²) in [5, 5.41) is 4.22. The van der Waals surface area contributed by atoms with Gasteiger partial charge in [0.25, 0.3) is 0 Å². The molecule has 11 nitrogen and oxygen atoms in total. The second kappa shape index (κ2) is 9.43. The maximum absolute atomic E-state index is 12.6. The van der Waals surface area contributed by atoms with Gasteiger partial charge in [0, 0.05) is 68.0 Å². The first kappa shape index (κ1) is 26.5. The minimum atomic E-state index is -3.12. The number of sulfonamides is 1. The zero-order valence-corrected chi connectivity index (χ0v) is 24.1. The molecular formula is C27H39N7O4S. The quantitative estimate of drug-likeness (QED) is 0.591. The summed E-state index contributed by atoms with van der Waals surface area (Å²) in [6.07, 6.45) is 5.60. The lowest BCUT2D eigenvalue weighted by Crippen LogP contribution is -2.58. The summed E-state index contributed by atoms with van der Waals surface area (Å²) in [5.41, 5.74) is 1.27. The molecular weight excluding hydrogens is 518 g/mol. The van der Waals surface area contributed by atoms with Crippen molar-refractivity contribution in [3.05, 3.63) is 18.0 Å². The first-order valence-corrected chi connectivity index (χ1v) is 15.5. The highest BCUT2D eigenvalue weighted by atomic mass is 32.2. The fraction of sp³-hybridized carbons (Fsp3) is 0.704. The van der Waals surface area contributed by atoms with Crippen LogP contribution in [0.15, 0.2) is 12.3 Å². The van der Waals surface area contributed by atoms with Gasteiger partial charge in [0.1, 0.15) is 11.1 Å². The van der Waals surface area contributed by atoms with Crippen molar-refractivity contribution in [1.29, 1.82) is 0 Å². The molecule has 0 bridgehead atoms. The van der Waals surface area contributed by atoms with E-state index in [1.54, 1.807) is 4.31 Å². The van der Waals surface area contributed by atoms with Crippen molar-refractivity contribution in [3.8, 4) is 0 Å². The third-order valence-electron chi connectivity index (χ3n) is 8.21. The third kappa shape index (κ3) is 5.37. The zero-order chi connectivity index (χ0) is 27.6. The van der Waals surface area contributed by atoms with Crippen LogP contribution in [0.2, 0.25) is 0 Å². The lowest BCUT2D eigenvalue weighted by molar-refractivity contribution is 0.0265. The summed E-state index contributed by atoms with van der Waals surface area (Å²) in [5.74, 6) is 1.40. The summed E-state index contributed by atoms with van der Waals surface area (Å²) in [6.45, 7) is 11.8. The van der Waals surface area contributed by atoms with Gasteiger partial charge >= 0.3 is 6.09 Å². The Labute approximate surface area is 230 Å². The summed E-state index contributed by atoms with van der Waals surface area (Å²) >= 11 is 0. The number of pyridine rings is 1. The lowest BCUT2D eigenvalue weighted by atomic mass is 9.79. The van der Waals surface area contributed by atoms with Gasteiger partial charge in [-0.15, -0.1) is 0 Å². The molecule has 0 radical (unpaired) electrons. The van der Waals surface area contributed by atoms with Gasteiger partial charge in [-0.25, -0.2) is 32.5 Å². The topological polar surface area (TPSA) is 121 Å². The first-order valence-electron chi connectivity index (χ1n) is 14.0. The van der Waals surface area contributed by atoms with E-state index in [1.807, 2.05) is 44.9 Å². The number of hydrogen-bond acceptors (Lipinski definition) is 9. The molecule has 212 valence electrons. The van der Waals surface area contributed by atoms with E-state index in [9.17, 15) is 13.2 Å². The molecule has 2 aromatic rings. The smallest absolute Gasteiger partial charge is 0.410 e. The zero-order valence-electron chi connectivity index (χ0n) is 23.3. The molecule has 3 saturated heterocycles. The molecule has 1 saturated carbocycles. The molecule has 0 unspecified atom stereocenters. The molecule has 6 rings (SSSR count). The Hall–Kier alpha value is -2.73. The number of rotatable bonds is 5. The molecule has 1 aliphatic carbocycles. The van der Waals surface area contributed by atoms with Gasteiger partial charge in [-0.3, -0.25) is 0 Å². The minimum Gasteiger partial charge on any atom is -0.444 e. The molecule has 39 heavy (non-hydrogen) atoms. The number of piperidine rings is 1. The number of aryl methyl sites for hydroxylation is 1. The summed E-state index contributed by atoms with van der Waals surface area (Å²) in [6, 6.07) is 2.12. The number of likely N-dealkylation sites (tertiary alicyclic amines) is 1. The lowest BCUT2D eigenvalue weighted by Gasteiger charge is -2.48. The highest BCUT2D eigenvalue weighted by molar-refractivity contribution is 7.90. The number of carbonyl (C=O) groups excluding carboxylic acids is 1. The number of carbonyl (C=O) groups is 1. The van der Waals surface area contributed by atoms with Crippen molar-refractivity contribution < 1.29 is 17.9 Å². The summed E-state index contributed by atoms with van der Waals surface area (Å²) in [7, 11) is -3.12. The van der Waals surface area contributed by atoms with Crippen LogP contribution in [0.3, 0.4) is 0 Å². The van der Waals surface area contributed by atoms with Crippen LogP contribution in [0.1, 0.15) is 58.6 Å². The number of ether oxygens (including phenoxy) is 1. The average Bonchev–Trinajstić information content (AvgIpc) is 3.61. The minimum absolute atomic E-state index is 0.0531. The van der Waals surface area contributed by atoms with Crippen molar-refractivity contribution in [2.24, 2.45) is 5.41 Å². The highest BCUT2D eigenvalue weighted by Gasteiger charge is 2.50. The molecule has 5 heterocycles. The van der Waals surface area contributed by atoms with Gasteiger partial charge in [0.05, 0.1) is 5.25 Å². The van der Waals surface area contributed by atoms with Crippen LogP contribution in [0, 0.1) is 12.3 Å². The van der Waals surface area contributed by atoms with Gasteiger partial charge in [0.2, 0.25) is 16.0 Å². The maximum Gasteiger partial charge on any atom is 0.410 e. The number of amides is 1. The monoisotopic (exact) mass is 557 g/mol. The predicted molar refractivity (Wildman–Crippen MR) is 149 cm³/mol. The molecule has 3 aliphatic heterocycles. The van der Waals surface area contributed by atoms with Crippen molar-refractivity contribution in [2.45, 2.75) is 76.7 Å². The molecule has 2 aromatic heterocycles. The maximum atomic E-state index is 12.6. The van der Waals surface area contributed by atoms with E-state index < -0.39 is 15.6 Å². The van der Waals surface area contributed by atoms with E-state index in [4.69, 9.17) is 14.7 Å². The number of nitrogens with one attached hydrogen (secondary N) is 1. The van der Waals surface area contributed by atoms with Gasteiger partial charge in [-0.2, -0.15) is 0 Å². The third-order valence-corrected chi connectivity index (χ3v) is 10.6. The van der Waals surface area contributed by atoms with Gasteiger partial charge in [0.15, 0.2) is 5.82 Å². The van der Waals surface area contributed by atoms with Crippen LogP contribution in [-0.4, -0.2) is 94.8 Å². The fourth-order valence-electron chi connectivity index (χ4n) is 6.05. The van der Waals surface area contributed by atoms with Crippen LogP contribution < -0.4 is 10.2 Å². The molecule has 0 aromatic carbocycles. The van der Waals surface area contributed by atoms with E-state index in [1.165, 1.54) is 0 Å². The van der Waals surface area contributed by atoms with E-state index in [0.29, 0.717) is 32.1 Å². The number of hydrogen-bond donors (Lipinski definition) is 1. The Bertz CT molecular complexity index is 1370. The SMILES string of the molecule is Cc1cc2cnc(NC3CCN(S(=O)(=O)C4CC4)CC3)nc2c(N2CC3(CCN(C(=O)OC(C)(C)C)C3)C2)n1. The molecule has 1 spiro atoms. The normalized spacial score (nSPS) is 22.4. The second-order valence-electron chi connectivity index (χ2n) is 12.8. The number of fused-ring (bicyclic) bond motifs is 1.